The third kappa shape index (κ3) is 4.47. The second kappa shape index (κ2) is 8.95. The molecule has 1 aliphatic heterocycles. The lowest BCUT2D eigenvalue weighted by Crippen LogP contribution is -2.35. The highest BCUT2D eigenvalue weighted by Gasteiger charge is 2.48. The number of fused-ring (bicyclic) bond motifs is 1. The van der Waals surface area contributed by atoms with Crippen molar-refractivity contribution in [1.29, 1.82) is 0 Å². The van der Waals surface area contributed by atoms with E-state index < -0.39 is 38.2 Å². The third-order valence-corrected chi connectivity index (χ3v) is 7.31. The maximum absolute atomic E-state index is 13.4. The van der Waals surface area contributed by atoms with Crippen molar-refractivity contribution in [1.82, 2.24) is 9.88 Å². The molecule has 7 nitrogen and oxygen atoms in total. The van der Waals surface area contributed by atoms with Gasteiger partial charge in [-0.3, -0.25) is 9.78 Å². The van der Waals surface area contributed by atoms with Crippen molar-refractivity contribution >= 4 is 38.4 Å². The van der Waals surface area contributed by atoms with Gasteiger partial charge in [0, 0.05) is 18.1 Å². The van der Waals surface area contributed by atoms with E-state index in [0.29, 0.717) is 6.42 Å². The van der Waals surface area contributed by atoms with Crippen LogP contribution in [0.4, 0.5) is 23.7 Å². The summed E-state index contributed by atoms with van der Waals surface area (Å²) in [6.07, 6.45) is 2.00. The van der Waals surface area contributed by atoms with Crippen LogP contribution in [0.1, 0.15) is 25.8 Å². The van der Waals surface area contributed by atoms with Crippen molar-refractivity contribution in [3.63, 3.8) is 0 Å². The first-order chi connectivity index (χ1) is 16.4. The monoisotopic (exact) mass is 505 g/mol. The number of anilines is 1. The highest BCUT2D eigenvalue weighted by atomic mass is 32.2. The Bertz CT molecular complexity index is 1380. The molecule has 35 heavy (non-hydrogen) atoms. The normalized spacial score (nSPS) is 17.1. The molecule has 184 valence electrons. The van der Waals surface area contributed by atoms with Gasteiger partial charge in [-0.25, -0.2) is 18.1 Å². The van der Waals surface area contributed by atoms with Crippen LogP contribution in [0.3, 0.4) is 0 Å². The van der Waals surface area contributed by atoms with Gasteiger partial charge in [-0.15, -0.1) is 0 Å². The van der Waals surface area contributed by atoms with Gasteiger partial charge in [0.25, 0.3) is 15.7 Å². The first kappa shape index (κ1) is 24.6. The average Bonchev–Trinajstić information content (AvgIpc) is 3.02. The molecule has 1 atom stereocenters. The fourth-order valence-corrected chi connectivity index (χ4v) is 4.87. The largest absolute Gasteiger partial charge is 0.501 e. The predicted octanol–water partition coefficient (Wildman–Crippen LogP) is 4.91. The third-order valence-electron chi connectivity index (χ3n) is 5.80. The molecule has 0 spiro atoms. The van der Waals surface area contributed by atoms with Gasteiger partial charge < -0.3 is 4.90 Å². The zero-order valence-electron chi connectivity index (χ0n) is 18.9. The number of hydrogen-bond acceptors (Lipinski definition) is 5. The molecule has 1 aromatic heterocycles. The van der Waals surface area contributed by atoms with E-state index in [9.17, 15) is 31.2 Å². The number of halogens is 3. The molecule has 1 fully saturated rings. The highest BCUT2D eigenvalue weighted by molar-refractivity contribution is 7.92. The number of alkyl halides is 3. The number of amides is 3. The number of carbonyl (C=O) groups is 2. The van der Waals surface area contributed by atoms with Crippen LogP contribution in [-0.4, -0.2) is 41.8 Å². The Morgan fingerprint density at radius 2 is 1.66 bits per heavy atom. The van der Waals surface area contributed by atoms with Crippen LogP contribution in [-0.2, 0) is 21.2 Å². The molecular weight excluding hydrogens is 483 g/mol. The number of nitrogens with zero attached hydrogens (tertiary/aromatic N) is 3. The molecule has 1 aliphatic rings. The summed E-state index contributed by atoms with van der Waals surface area (Å²) < 4.78 is 61.9. The molecule has 0 unspecified atom stereocenters. The minimum Gasteiger partial charge on any atom is -0.308 e. The molecule has 0 bridgehead atoms. The Balaban J connectivity index is 1.69. The van der Waals surface area contributed by atoms with Crippen LogP contribution < -0.4 is 4.90 Å². The zero-order valence-corrected chi connectivity index (χ0v) is 19.7. The molecular formula is C24H22F3N3O4S. The van der Waals surface area contributed by atoms with Gasteiger partial charge in [0.05, 0.1) is 16.1 Å². The van der Waals surface area contributed by atoms with Gasteiger partial charge in [-0.05, 0) is 54.3 Å². The van der Waals surface area contributed by atoms with Crippen LogP contribution in [0.5, 0.6) is 0 Å². The van der Waals surface area contributed by atoms with E-state index in [1.165, 1.54) is 4.90 Å². The van der Waals surface area contributed by atoms with Gasteiger partial charge in [-0.1, -0.05) is 32.0 Å². The Morgan fingerprint density at radius 1 is 1.00 bits per heavy atom. The second-order valence-corrected chi connectivity index (χ2v) is 10.6. The lowest BCUT2D eigenvalue weighted by Gasteiger charge is -2.23. The minimum atomic E-state index is -5.55. The highest BCUT2D eigenvalue weighted by Crippen LogP contribution is 2.34. The number of sulfone groups is 1. The van der Waals surface area contributed by atoms with Crippen LogP contribution in [0, 0.1) is 5.92 Å². The van der Waals surface area contributed by atoms with E-state index in [1.807, 2.05) is 38.1 Å². The molecule has 0 aliphatic carbocycles. The number of urea groups is 1. The van der Waals surface area contributed by atoms with Crippen LogP contribution in [0.25, 0.3) is 10.9 Å². The zero-order chi connectivity index (χ0) is 25.5. The summed E-state index contributed by atoms with van der Waals surface area (Å²) in [7, 11) is -5.55. The van der Waals surface area contributed by atoms with E-state index in [-0.39, 0.29) is 18.2 Å². The molecule has 0 saturated carbocycles. The van der Waals surface area contributed by atoms with E-state index in [2.05, 4.69) is 4.98 Å². The molecule has 11 heteroatoms. The van der Waals surface area contributed by atoms with Gasteiger partial charge >= 0.3 is 11.5 Å². The Kier molecular flexibility index (Phi) is 6.31. The number of aromatic nitrogens is 1. The van der Waals surface area contributed by atoms with Crippen LogP contribution in [0.2, 0.25) is 0 Å². The predicted molar refractivity (Wildman–Crippen MR) is 123 cm³/mol. The molecule has 2 aromatic carbocycles. The van der Waals surface area contributed by atoms with Gasteiger partial charge in [0.2, 0.25) is 0 Å². The second-order valence-electron chi connectivity index (χ2n) is 8.66. The minimum absolute atomic E-state index is 0.00281. The lowest BCUT2D eigenvalue weighted by molar-refractivity contribution is -0.120. The summed E-state index contributed by atoms with van der Waals surface area (Å²) in [6.45, 7) is 3.95. The molecule has 3 amide bonds. The first-order valence-corrected chi connectivity index (χ1v) is 12.3. The summed E-state index contributed by atoms with van der Waals surface area (Å²) in [6, 6.07) is 11.3. The molecule has 1 saturated heterocycles. The number of pyridine rings is 1. The van der Waals surface area contributed by atoms with Crippen molar-refractivity contribution in [2.24, 2.45) is 5.92 Å². The van der Waals surface area contributed by atoms with Crippen LogP contribution >= 0.6 is 0 Å². The fraction of sp³-hybridized carbons (Fsp3) is 0.292. The van der Waals surface area contributed by atoms with E-state index in [0.717, 1.165) is 45.6 Å². The maximum Gasteiger partial charge on any atom is 0.501 e. The summed E-state index contributed by atoms with van der Waals surface area (Å²) in [5.74, 6) is -0.443. The quantitative estimate of drug-likeness (QED) is 0.444. The number of imide groups is 1. The Labute approximate surface area is 200 Å². The fourth-order valence-electron chi connectivity index (χ4n) is 4.11. The Morgan fingerprint density at radius 3 is 2.29 bits per heavy atom. The number of benzene rings is 2. The summed E-state index contributed by atoms with van der Waals surface area (Å²) in [4.78, 5) is 32.4. The molecule has 4 rings (SSSR count). The first-order valence-electron chi connectivity index (χ1n) is 10.8. The van der Waals surface area contributed by atoms with E-state index in [1.54, 1.807) is 12.3 Å². The summed E-state index contributed by atoms with van der Waals surface area (Å²) in [5.41, 5.74) is -3.93. The van der Waals surface area contributed by atoms with Crippen molar-refractivity contribution in [2.45, 2.75) is 43.3 Å². The summed E-state index contributed by atoms with van der Waals surface area (Å²) >= 11 is 0. The average molecular weight is 506 g/mol. The van der Waals surface area contributed by atoms with Crippen molar-refractivity contribution in [3.8, 4) is 0 Å². The van der Waals surface area contributed by atoms with Gasteiger partial charge in [0.15, 0.2) is 0 Å². The van der Waals surface area contributed by atoms with Crippen molar-refractivity contribution in [3.05, 3.63) is 66.4 Å². The standard InChI is InChI=1S/C24H22F3N3O4S/c1-15(2)13-21-22(31)30(17-7-9-18(10-8-17)35(33,34)24(25,26)27)23(32)29(21)14-16-11-12-28-20-6-4-3-5-19(16)20/h3-12,15,21H,13-14H2,1-2H3/t21-/m1/s1. The maximum atomic E-state index is 13.4. The molecule has 0 radical (unpaired) electrons. The molecule has 0 N–H and O–H groups in total. The van der Waals surface area contributed by atoms with E-state index >= 15 is 0 Å². The SMILES string of the molecule is CC(C)C[C@@H]1C(=O)N(c2ccc(S(=O)(=O)C(F)(F)F)cc2)C(=O)N1Cc1ccnc2ccccc12. The molecule has 2 heterocycles. The molecule has 3 aromatic rings. The van der Waals surface area contributed by atoms with Crippen molar-refractivity contribution < 1.29 is 31.2 Å². The van der Waals surface area contributed by atoms with Crippen LogP contribution in [0.15, 0.2) is 65.7 Å². The number of rotatable bonds is 6. The van der Waals surface area contributed by atoms with E-state index in [4.69, 9.17) is 0 Å². The number of carbonyl (C=O) groups excluding carboxylic acids is 2. The smallest absolute Gasteiger partial charge is 0.308 e. The van der Waals surface area contributed by atoms with Gasteiger partial charge in [0.1, 0.15) is 6.04 Å². The number of hydrogen-bond donors (Lipinski definition) is 0. The lowest BCUT2D eigenvalue weighted by atomic mass is 10.0. The Hall–Kier alpha value is -3.47. The topological polar surface area (TPSA) is 87.7 Å². The van der Waals surface area contributed by atoms with Gasteiger partial charge in [-0.2, -0.15) is 13.2 Å². The number of para-hydroxylation sites is 1. The summed E-state index contributed by atoms with van der Waals surface area (Å²) in [5, 5.41) is 0.832. The van der Waals surface area contributed by atoms with Crippen molar-refractivity contribution in [2.75, 3.05) is 4.90 Å².